The number of para-hydroxylation sites is 2. The monoisotopic (exact) mass is 433 g/mol. The first-order valence-corrected chi connectivity index (χ1v) is 10.3. The number of benzene rings is 2. The van der Waals surface area contributed by atoms with E-state index in [9.17, 15) is 12.8 Å². The third kappa shape index (κ3) is 4.32. The normalized spacial score (nSPS) is 14.8. The minimum Gasteiger partial charge on any atom is -0.320 e. The number of unbranched alkanes of at least 4 members (excludes halogenated alkanes) is 2. The van der Waals surface area contributed by atoms with Crippen LogP contribution in [0.3, 0.4) is 0 Å². The molecule has 0 aromatic heterocycles. The number of halogens is 3. The number of hydrogen-bond donors (Lipinski definition) is 1. The lowest BCUT2D eigenvalue weighted by Gasteiger charge is -2.22. The average Bonchev–Trinajstić information content (AvgIpc) is 2.82. The van der Waals surface area contributed by atoms with E-state index in [2.05, 4.69) is 5.32 Å². The van der Waals surface area contributed by atoms with Gasteiger partial charge >= 0.3 is 10.2 Å². The Hall–Kier alpha value is -1.54. The molecule has 3 rings (SSSR count). The molecule has 148 valence electrons. The van der Waals surface area contributed by atoms with Crippen LogP contribution in [0.15, 0.2) is 42.5 Å². The summed E-state index contributed by atoms with van der Waals surface area (Å²) >= 11 is 6.14. The Morgan fingerprint density at radius 3 is 2.41 bits per heavy atom. The number of fused-ring (bicyclic) bond motifs is 1. The van der Waals surface area contributed by atoms with E-state index >= 15 is 0 Å². The predicted octanol–water partition coefficient (Wildman–Crippen LogP) is 4.49. The molecule has 27 heavy (non-hydrogen) atoms. The fourth-order valence-electron chi connectivity index (χ4n) is 3.06. The number of rotatable bonds is 7. The third-order valence-corrected chi connectivity index (χ3v) is 6.39. The van der Waals surface area contributed by atoms with Gasteiger partial charge in [0.2, 0.25) is 0 Å². The van der Waals surface area contributed by atoms with Crippen molar-refractivity contribution in [3.63, 3.8) is 0 Å². The van der Waals surface area contributed by atoms with Crippen LogP contribution in [-0.4, -0.2) is 28.6 Å². The fourth-order valence-corrected chi connectivity index (χ4v) is 5.14. The van der Waals surface area contributed by atoms with Gasteiger partial charge in [-0.05, 0) is 56.8 Å². The fraction of sp³-hybridized carbons (Fsp3) is 0.333. The van der Waals surface area contributed by atoms with Crippen molar-refractivity contribution >= 4 is 51.3 Å². The summed E-state index contributed by atoms with van der Waals surface area (Å²) < 4.78 is 42.4. The summed E-state index contributed by atoms with van der Waals surface area (Å²) in [6.07, 6.45) is 2.66. The smallest absolute Gasteiger partial charge is 0.320 e. The van der Waals surface area contributed by atoms with Gasteiger partial charge in [0, 0.05) is 6.54 Å². The van der Waals surface area contributed by atoms with E-state index < -0.39 is 16.0 Å². The van der Waals surface area contributed by atoms with Gasteiger partial charge in [-0.3, -0.25) is 4.31 Å². The van der Waals surface area contributed by atoms with Crippen molar-refractivity contribution < 1.29 is 12.8 Å². The summed E-state index contributed by atoms with van der Waals surface area (Å²) in [5.74, 6) is -0.509. The molecule has 0 unspecified atom stereocenters. The minimum absolute atomic E-state index is 0. The Balaban J connectivity index is 0.00000261. The number of hydrogen-bond acceptors (Lipinski definition) is 3. The number of nitrogens with one attached hydrogen (secondary N) is 1. The van der Waals surface area contributed by atoms with Crippen molar-refractivity contribution in [2.75, 3.05) is 28.7 Å². The Bertz CT molecular complexity index is 896. The standard InChI is InChI=1S/C18H21ClFN3O2S.ClH/c1-21-11-5-2-6-12-22-17-7-3-4-8-18(17)23(26(22,24)25)16-10-9-14(20)13-15(16)19;/h3-4,7-10,13,21H,2,5-6,11-12H2,1H3;1H. The molecule has 0 spiro atoms. The quantitative estimate of drug-likeness (QED) is 0.654. The molecule has 0 atom stereocenters. The first kappa shape index (κ1) is 21.8. The zero-order valence-corrected chi connectivity index (χ0v) is 17.2. The maximum absolute atomic E-state index is 13.4. The molecule has 0 aliphatic carbocycles. The van der Waals surface area contributed by atoms with Gasteiger partial charge in [0.05, 0.1) is 22.1 Å². The van der Waals surface area contributed by atoms with Crippen LogP contribution >= 0.6 is 24.0 Å². The van der Waals surface area contributed by atoms with E-state index in [4.69, 9.17) is 11.6 Å². The minimum atomic E-state index is -3.82. The second-order valence-corrected chi connectivity index (χ2v) is 8.20. The van der Waals surface area contributed by atoms with Crippen LogP contribution in [0.2, 0.25) is 5.02 Å². The van der Waals surface area contributed by atoms with Gasteiger partial charge < -0.3 is 5.32 Å². The van der Waals surface area contributed by atoms with Crippen LogP contribution in [0, 0.1) is 5.82 Å². The maximum atomic E-state index is 13.4. The first-order valence-electron chi connectivity index (χ1n) is 8.48. The largest absolute Gasteiger partial charge is 0.331 e. The van der Waals surface area contributed by atoms with Gasteiger partial charge in [-0.1, -0.05) is 30.2 Å². The van der Waals surface area contributed by atoms with Gasteiger partial charge in [0.25, 0.3) is 0 Å². The van der Waals surface area contributed by atoms with Crippen LogP contribution in [0.1, 0.15) is 19.3 Å². The van der Waals surface area contributed by atoms with Gasteiger partial charge in [0.1, 0.15) is 5.82 Å². The molecule has 9 heteroatoms. The molecule has 0 amide bonds. The topological polar surface area (TPSA) is 52.6 Å². The van der Waals surface area contributed by atoms with Crippen molar-refractivity contribution in [3.8, 4) is 0 Å². The molecular weight excluding hydrogens is 412 g/mol. The molecule has 1 heterocycles. The van der Waals surface area contributed by atoms with E-state index in [0.717, 1.165) is 31.9 Å². The molecule has 1 aliphatic heterocycles. The summed E-state index contributed by atoms with van der Waals surface area (Å²) in [6, 6.07) is 10.8. The second-order valence-electron chi connectivity index (χ2n) is 6.09. The first-order chi connectivity index (χ1) is 12.5. The SMILES string of the molecule is CNCCCCCN1c2ccccc2N(c2ccc(F)cc2Cl)S1(=O)=O.Cl. The van der Waals surface area contributed by atoms with Gasteiger partial charge in [-0.25, -0.2) is 8.70 Å². The van der Waals surface area contributed by atoms with Crippen molar-refractivity contribution in [1.29, 1.82) is 0 Å². The third-order valence-electron chi connectivity index (χ3n) is 4.29. The lowest BCUT2D eigenvalue weighted by atomic mass is 10.2. The number of anilines is 3. The molecular formula is C18H22Cl2FN3O2S. The molecule has 1 aliphatic rings. The van der Waals surface area contributed by atoms with Crippen molar-refractivity contribution in [2.24, 2.45) is 0 Å². The Kier molecular flexibility index (Phi) is 7.33. The molecule has 0 radical (unpaired) electrons. The predicted molar refractivity (Wildman–Crippen MR) is 111 cm³/mol. The van der Waals surface area contributed by atoms with Crippen LogP contribution in [0.5, 0.6) is 0 Å². The molecule has 0 fully saturated rings. The molecule has 5 nitrogen and oxygen atoms in total. The van der Waals surface area contributed by atoms with Crippen LogP contribution in [0.25, 0.3) is 0 Å². The molecule has 1 N–H and O–H groups in total. The number of nitrogens with zero attached hydrogens (tertiary/aromatic N) is 2. The van der Waals surface area contributed by atoms with Crippen LogP contribution in [-0.2, 0) is 10.2 Å². The van der Waals surface area contributed by atoms with Gasteiger partial charge in [-0.15, -0.1) is 12.4 Å². The van der Waals surface area contributed by atoms with E-state index in [1.54, 1.807) is 24.3 Å². The Morgan fingerprint density at radius 2 is 1.74 bits per heavy atom. The highest BCUT2D eigenvalue weighted by Gasteiger charge is 2.41. The highest BCUT2D eigenvalue weighted by molar-refractivity contribution is 7.95. The van der Waals surface area contributed by atoms with E-state index in [-0.39, 0.29) is 23.1 Å². The summed E-state index contributed by atoms with van der Waals surface area (Å²) in [7, 11) is -1.93. The summed E-state index contributed by atoms with van der Waals surface area (Å²) in [5.41, 5.74) is 1.39. The van der Waals surface area contributed by atoms with E-state index in [1.807, 2.05) is 7.05 Å². The van der Waals surface area contributed by atoms with E-state index in [0.29, 0.717) is 17.9 Å². The summed E-state index contributed by atoms with van der Waals surface area (Å²) in [5, 5.41) is 3.14. The van der Waals surface area contributed by atoms with Gasteiger partial charge in [-0.2, -0.15) is 8.42 Å². The molecule has 0 bridgehead atoms. The Labute approximate surface area is 170 Å². The highest BCUT2D eigenvalue weighted by Crippen LogP contribution is 2.47. The lowest BCUT2D eigenvalue weighted by molar-refractivity contribution is 0.588. The Morgan fingerprint density at radius 1 is 1.04 bits per heavy atom. The lowest BCUT2D eigenvalue weighted by Crippen LogP contribution is -2.36. The van der Waals surface area contributed by atoms with Crippen LogP contribution < -0.4 is 13.9 Å². The second kappa shape index (κ2) is 9.10. The average molecular weight is 434 g/mol. The van der Waals surface area contributed by atoms with Crippen molar-refractivity contribution in [3.05, 3.63) is 53.3 Å². The summed E-state index contributed by atoms with van der Waals surface area (Å²) in [4.78, 5) is 0. The zero-order chi connectivity index (χ0) is 18.7. The highest BCUT2D eigenvalue weighted by atomic mass is 35.5. The van der Waals surface area contributed by atoms with Crippen LogP contribution in [0.4, 0.5) is 21.5 Å². The van der Waals surface area contributed by atoms with Crippen molar-refractivity contribution in [1.82, 2.24) is 5.32 Å². The van der Waals surface area contributed by atoms with E-state index in [1.165, 1.54) is 20.7 Å². The maximum Gasteiger partial charge on any atom is 0.331 e. The van der Waals surface area contributed by atoms with Gasteiger partial charge in [0.15, 0.2) is 0 Å². The summed E-state index contributed by atoms with van der Waals surface area (Å²) in [6.45, 7) is 1.29. The molecule has 0 saturated heterocycles. The van der Waals surface area contributed by atoms with Crippen molar-refractivity contribution in [2.45, 2.75) is 19.3 Å². The molecule has 0 saturated carbocycles. The zero-order valence-electron chi connectivity index (χ0n) is 14.9. The molecule has 2 aromatic rings. The molecule has 2 aromatic carbocycles.